The van der Waals surface area contributed by atoms with Crippen molar-refractivity contribution >= 4 is 23.0 Å². The lowest BCUT2D eigenvalue weighted by Crippen LogP contribution is -2.26. The third-order valence-corrected chi connectivity index (χ3v) is 5.26. The SMILES string of the molecule is CC/C=C/CN(C)CCCN1c2ccccc2CCc2ccc(Cl)cc21. The Labute approximate surface area is 163 Å². The van der Waals surface area contributed by atoms with Gasteiger partial charge in [0.05, 0.1) is 0 Å². The van der Waals surface area contributed by atoms with E-state index < -0.39 is 0 Å². The number of halogens is 1. The van der Waals surface area contributed by atoms with Gasteiger partial charge in [-0.25, -0.2) is 0 Å². The summed E-state index contributed by atoms with van der Waals surface area (Å²) in [6.07, 6.45) is 8.88. The molecule has 0 radical (unpaired) electrons. The zero-order valence-electron chi connectivity index (χ0n) is 15.9. The zero-order chi connectivity index (χ0) is 18.4. The molecule has 0 saturated carbocycles. The fourth-order valence-electron chi connectivity index (χ4n) is 3.64. The van der Waals surface area contributed by atoms with Gasteiger partial charge in [-0.2, -0.15) is 0 Å². The molecule has 0 spiro atoms. The van der Waals surface area contributed by atoms with Gasteiger partial charge in [0.25, 0.3) is 0 Å². The van der Waals surface area contributed by atoms with Crippen LogP contribution in [0.3, 0.4) is 0 Å². The first-order valence-corrected chi connectivity index (χ1v) is 10.0. The number of para-hydroxylation sites is 1. The molecule has 0 bridgehead atoms. The fourth-order valence-corrected chi connectivity index (χ4v) is 3.80. The van der Waals surface area contributed by atoms with Crippen LogP contribution in [-0.4, -0.2) is 31.6 Å². The van der Waals surface area contributed by atoms with E-state index in [2.05, 4.69) is 72.3 Å². The van der Waals surface area contributed by atoms with Crippen molar-refractivity contribution in [3.63, 3.8) is 0 Å². The average molecular weight is 369 g/mol. The molecular formula is C23H29ClN2. The summed E-state index contributed by atoms with van der Waals surface area (Å²) in [6, 6.07) is 15.1. The lowest BCUT2D eigenvalue weighted by atomic mass is 10.0. The number of hydrogen-bond acceptors (Lipinski definition) is 2. The third-order valence-electron chi connectivity index (χ3n) is 5.03. The summed E-state index contributed by atoms with van der Waals surface area (Å²) in [5, 5.41) is 0.815. The van der Waals surface area contributed by atoms with Crippen molar-refractivity contribution in [1.82, 2.24) is 4.90 Å². The van der Waals surface area contributed by atoms with Crippen molar-refractivity contribution in [2.45, 2.75) is 32.6 Å². The third kappa shape index (κ3) is 4.69. The van der Waals surface area contributed by atoms with Crippen LogP contribution in [0.5, 0.6) is 0 Å². The second-order valence-corrected chi connectivity index (χ2v) is 7.49. The van der Waals surface area contributed by atoms with Gasteiger partial charge in [0.15, 0.2) is 0 Å². The van der Waals surface area contributed by atoms with Gasteiger partial charge in [0, 0.05) is 29.5 Å². The lowest BCUT2D eigenvalue weighted by Gasteiger charge is -2.28. The number of benzene rings is 2. The molecule has 2 nitrogen and oxygen atoms in total. The minimum absolute atomic E-state index is 0.815. The van der Waals surface area contributed by atoms with Crippen LogP contribution in [-0.2, 0) is 12.8 Å². The number of hydrogen-bond donors (Lipinski definition) is 0. The molecule has 0 aliphatic carbocycles. The second-order valence-electron chi connectivity index (χ2n) is 7.05. The minimum atomic E-state index is 0.815. The largest absolute Gasteiger partial charge is 0.341 e. The minimum Gasteiger partial charge on any atom is -0.341 e. The Morgan fingerprint density at radius 3 is 2.62 bits per heavy atom. The summed E-state index contributed by atoms with van der Waals surface area (Å²) in [7, 11) is 2.20. The van der Waals surface area contributed by atoms with Gasteiger partial charge in [-0.15, -0.1) is 0 Å². The smallest absolute Gasteiger partial charge is 0.0458 e. The molecule has 0 atom stereocenters. The van der Waals surface area contributed by atoms with Crippen LogP contribution < -0.4 is 4.90 Å². The number of nitrogens with zero attached hydrogens (tertiary/aromatic N) is 2. The van der Waals surface area contributed by atoms with Gasteiger partial charge < -0.3 is 9.80 Å². The molecule has 1 heterocycles. The normalized spacial score (nSPS) is 13.8. The molecule has 0 N–H and O–H groups in total. The van der Waals surface area contributed by atoms with E-state index in [0.717, 1.165) is 50.3 Å². The maximum atomic E-state index is 6.34. The molecule has 0 fully saturated rings. The number of fused-ring (bicyclic) bond motifs is 2. The van der Waals surface area contributed by atoms with Crippen molar-refractivity contribution in [3.8, 4) is 0 Å². The van der Waals surface area contributed by atoms with E-state index in [0.29, 0.717) is 0 Å². The molecule has 0 aromatic heterocycles. The second kappa shape index (κ2) is 9.25. The van der Waals surface area contributed by atoms with Crippen LogP contribution in [0.4, 0.5) is 11.4 Å². The quantitative estimate of drug-likeness (QED) is 0.564. The van der Waals surface area contributed by atoms with Crippen molar-refractivity contribution in [3.05, 3.63) is 70.8 Å². The van der Waals surface area contributed by atoms with Gasteiger partial charge in [-0.1, -0.05) is 54.9 Å². The number of rotatable bonds is 7. The van der Waals surface area contributed by atoms with Crippen LogP contribution in [0.15, 0.2) is 54.6 Å². The summed E-state index contributed by atoms with van der Waals surface area (Å²) < 4.78 is 0. The first-order chi connectivity index (χ1) is 12.7. The van der Waals surface area contributed by atoms with Crippen LogP contribution in [0.2, 0.25) is 5.02 Å². The van der Waals surface area contributed by atoms with E-state index in [4.69, 9.17) is 11.6 Å². The van der Waals surface area contributed by atoms with Crippen LogP contribution in [0, 0.1) is 0 Å². The zero-order valence-corrected chi connectivity index (χ0v) is 16.7. The van der Waals surface area contributed by atoms with Gasteiger partial charge in [-0.05, 0) is 68.6 Å². The fraction of sp³-hybridized carbons (Fsp3) is 0.391. The Morgan fingerprint density at radius 2 is 1.81 bits per heavy atom. The first-order valence-electron chi connectivity index (χ1n) is 9.66. The number of allylic oxidation sites excluding steroid dienone is 1. The molecule has 2 aromatic rings. The van der Waals surface area contributed by atoms with Crippen molar-refractivity contribution in [2.24, 2.45) is 0 Å². The van der Waals surface area contributed by atoms with E-state index in [1.54, 1.807) is 0 Å². The van der Waals surface area contributed by atoms with E-state index in [1.807, 2.05) is 6.07 Å². The predicted octanol–water partition coefficient (Wildman–Crippen LogP) is 5.86. The molecule has 26 heavy (non-hydrogen) atoms. The van der Waals surface area contributed by atoms with Crippen molar-refractivity contribution in [1.29, 1.82) is 0 Å². The highest BCUT2D eigenvalue weighted by Gasteiger charge is 2.20. The molecule has 3 rings (SSSR count). The number of anilines is 2. The van der Waals surface area contributed by atoms with Crippen LogP contribution in [0.1, 0.15) is 30.9 Å². The van der Waals surface area contributed by atoms with Crippen LogP contribution in [0.25, 0.3) is 0 Å². The molecule has 0 unspecified atom stereocenters. The highest BCUT2D eigenvalue weighted by molar-refractivity contribution is 6.30. The van der Waals surface area contributed by atoms with Crippen molar-refractivity contribution < 1.29 is 0 Å². The topological polar surface area (TPSA) is 6.48 Å². The molecule has 1 aliphatic heterocycles. The summed E-state index contributed by atoms with van der Waals surface area (Å²) in [4.78, 5) is 4.86. The van der Waals surface area contributed by atoms with Crippen LogP contribution >= 0.6 is 11.6 Å². The van der Waals surface area contributed by atoms with E-state index in [-0.39, 0.29) is 0 Å². The Balaban J connectivity index is 1.77. The Hall–Kier alpha value is -1.77. The maximum absolute atomic E-state index is 6.34. The van der Waals surface area contributed by atoms with Gasteiger partial charge >= 0.3 is 0 Å². The molecule has 2 aromatic carbocycles. The summed E-state index contributed by atoms with van der Waals surface area (Å²) in [6.45, 7) is 5.29. The van der Waals surface area contributed by atoms with Crippen molar-refractivity contribution in [2.75, 3.05) is 31.6 Å². The Morgan fingerprint density at radius 1 is 1.04 bits per heavy atom. The monoisotopic (exact) mass is 368 g/mol. The molecular weight excluding hydrogens is 340 g/mol. The number of aryl methyl sites for hydroxylation is 2. The molecule has 3 heteroatoms. The molecule has 1 aliphatic rings. The highest BCUT2D eigenvalue weighted by Crippen LogP contribution is 2.37. The number of likely N-dealkylation sites (N-methyl/N-ethyl adjacent to an activating group) is 1. The van der Waals surface area contributed by atoms with Gasteiger partial charge in [0.2, 0.25) is 0 Å². The maximum Gasteiger partial charge on any atom is 0.0458 e. The first kappa shape index (κ1) is 19.0. The Bertz CT molecular complexity index is 754. The molecule has 138 valence electrons. The summed E-state index contributed by atoms with van der Waals surface area (Å²) in [5.74, 6) is 0. The summed E-state index contributed by atoms with van der Waals surface area (Å²) >= 11 is 6.34. The van der Waals surface area contributed by atoms with E-state index >= 15 is 0 Å². The van der Waals surface area contributed by atoms with Gasteiger partial charge in [0.1, 0.15) is 0 Å². The Kier molecular flexibility index (Phi) is 6.76. The molecule has 0 saturated heterocycles. The van der Waals surface area contributed by atoms with E-state index in [1.165, 1.54) is 22.5 Å². The van der Waals surface area contributed by atoms with Gasteiger partial charge in [-0.3, -0.25) is 0 Å². The van der Waals surface area contributed by atoms with E-state index in [9.17, 15) is 0 Å². The average Bonchev–Trinajstić information content (AvgIpc) is 2.79. The highest BCUT2D eigenvalue weighted by atomic mass is 35.5. The lowest BCUT2D eigenvalue weighted by molar-refractivity contribution is 0.366. The predicted molar refractivity (Wildman–Crippen MR) is 114 cm³/mol. The standard InChI is InChI=1S/C23H29ClN2/c1-3-4-7-15-25(2)16-8-17-26-22-10-6-5-9-19(22)11-12-20-13-14-21(24)18-23(20)26/h4-7,9-10,13-14,18H,3,8,11-12,15-17H2,1-2H3/b7-4+. The summed E-state index contributed by atoms with van der Waals surface area (Å²) in [5.41, 5.74) is 5.43. The molecule has 0 amide bonds.